The van der Waals surface area contributed by atoms with Crippen LogP contribution in [0, 0.1) is 20.8 Å². The van der Waals surface area contributed by atoms with E-state index in [0.717, 1.165) is 10.5 Å². The highest BCUT2D eigenvalue weighted by atomic mass is 32.2. The number of nitrogens with one attached hydrogen (secondary N) is 1. The third kappa shape index (κ3) is 4.79. The Morgan fingerprint density at radius 1 is 1.16 bits per heavy atom. The maximum absolute atomic E-state index is 12.5. The Balaban J connectivity index is 2.82. The van der Waals surface area contributed by atoms with Crippen molar-refractivity contribution in [2.24, 2.45) is 0 Å². The molecule has 0 unspecified atom stereocenters. The van der Waals surface area contributed by atoms with E-state index in [0.29, 0.717) is 11.1 Å². The van der Waals surface area contributed by atoms with Crippen LogP contribution >= 0.6 is 0 Å². The monoisotopic (exact) mass is 370 g/mol. The molecule has 0 spiro atoms. The molecule has 0 atom stereocenters. The number of benzene rings is 1. The lowest BCUT2D eigenvalue weighted by Crippen LogP contribution is -2.51. The summed E-state index contributed by atoms with van der Waals surface area (Å²) in [5.74, 6) is -1.58. The highest BCUT2D eigenvalue weighted by molar-refractivity contribution is 7.89. The molecule has 7 nitrogen and oxygen atoms in total. The minimum atomic E-state index is -3.75. The SMILES string of the molecule is Cc1cc(C)c(S(=O)(=O)NCCC(=O)N(C)C(C)(C)C(=O)O)c(C)c1. The van der Waals surface area contributed by atoms with E-state index < -0.39 is 27.4 Å². The second kappa shape index (κ2) is 7.53. The number of carboxylic acid groups (broad SMARTS) is 1. The summed E-state index contributed by atoms with van der Waals surface area (Å²) in [6.45, 7) is 8.06. The number of likely N-dealkylation sites (N-methyl/N-ethyl adjacent to an activating group) is 1. The topological polar surface area (TPSA) is 104 Å². The number of carboxylic acids is 1. The lowest BCUT2D eigenvalue weighted by molar-refractivity contribution is -0.155. The molecular weight excluding hydrogens is 344 g/mol. The molecule has 0 fully saturated rings. The highest BCUT2D eigenvalue weighted by Gasteiger charge is 2.34. The zero-order chi connectivity index (χ0) is 19.6. The van der Waals surface area contributed by atoms with Gasteiger partial charge in [0.05, 0.1) is 4.90 Å². The van der Waals surface area contributed by atoms with E-state index >= 15 is 0 Å². The second-order valence-electron chi connectivity index (χ2n) is 6.69. The molecule has 0 aromatic heterocycles. The summed E-state index contributed by atoms with van der Waals surface area (Å²) in [5, 5.41) is 9.14. The van der Waals surface area contributed by atoms with E-state index in [2.05, 4.69) is 4.72 Å². The van der Waals surface area contributed by atoms with E-state index in [1.54, 1.807) is 26.0 Å². The molecule has 8 heteroatoms. The van der Waals surface area contributed by atoms with Crippen LogP contribution in [0.15, 0.2) is 17.0 Å². The van der Waals surface area contributed by atoms with Gasteiger partial charge in [-0.3, -0.25) is 4.79 Å². The number of nitrogens with zero attached hydrogens (tertiary/aromatic N) is 1. The van der Waals surface area contributed by atoms with Crippen molar-refractivity contribution < 1.29 is 23.1 Å². The first-order valence-corrected chi connectivity index (χ1v) is 9.36. The minimum Gasteiger partial charge on any atom is -0.480 e. The number of sulfonamides is 1. The van der Waals surface area contributed by atoms with Crippen molar-refractivity contribution in [1.82, 2.24) is 9.62 Å². The summed E-state index contributed by atoms with van der Waals surface area (Å²) in [6, 6.07) is 3.58. The first-order valence-electron chi connectivity index (χ1n) is 7.88. The lowest BCUT2D eigenvalue weighted by atomic mass is 10.0. The molecule has 0 bridgehead atoms. The Labute approximate surface area is 149 Å². The summed E-state index contributed by atoms with van der Waals surface area (Å²) in [7, 11) is -2.36. The minimum absolute atomic E-state index is 0.103. The Morgan fingerprint density at radius 3 is 2.08 bits per heavy atom. The van der Waals surface area contributed by atoms with Crippen molar-refractivity contribution in [2.75, 3.05) is 13.6 Å². The molecule has 1 amide bonds. The van der Waals surface area contributed by atoms with Gasteiger partial charge in [0.15, 0.2) is 0 Å². The van der Waals surface area contributed by atoms with Crippen LogP contribution in [-0.4, -0.2) is 49.4 Å². The Hall–Kier alpha value is -1.93. The van der Waals surface area contributed by atoms with Crippen molar-refractivity contribution in [1.29, 1.82) is 0 Å². The summed E-state index contributed by atoms with van der Waals surface area (Å²) in [4.78, 5) is 24.6. The van der Waals surface area contributed by atoms with E-state index in [1.165, 1.54) is 20.9 Å². The third-order valence-electron chi connectivity index (χ3n) is 4.24. The molecule has 140 valence electrons. The van der Waals surface area contributed by atoms with Gasteiger partial charge in [0.25, 0.3) is 0 Å². The molecule has 0 radical (unpaired) electrons. The number of amides is 1. The van der Waals surface area contributed by atoms with Crippen molar-refractivity contribution in [2.45, 2.75) is 51.5 Å². The Morgan fingerprint density at radius 2 is 1.64 bits per heavy atom. The zero-order valence-electron chi connectivity index (χ0n) is 15.5. The van der Waals surface area contributed by atoms with Gasteiger partial charge in [-0.25, -0.2) is 17.9 Å². The van der Waals surface area contributed by atoms with Crippen LogP contribution in [0.25, 0.3) is 0 Å². The van der Waals surface area contributed by atoms with Gasteiger partial charge >= 0.3 is 5.97 Å². The van der Waals surface area contributed by atoms with Gasteiger partial charge in [0.1, 0.15) is 5.54 Å². The Bertz CT molecular complexity index is 761. The fourth-order valence-electron chi connectivity index (χ4n) is 2.58. The molecule has 0 aliphatic rings. The molecule has 25 heavy (non-hydrogen) atoms. The van der Waals surface area contributed by atoms with E-state index in [9.17, 15) is 18.0 Å². The maximum Gasteiger partial charge on any atom is 0.329 e. The van der Waals surface area contributed by atoms with Gasteiger partial charge in [-0.2, -0.15) is 0 Å². The molecule has 2 N–H and O–H groups in total. The lowest BCUT2D eigenvalue weighted by Gasteiger charge is -2.31. The number of hydrogen-bond acceptors (Lipinski definition) is 4. The van der Waals surface area contributed by atoms with Crippen LogP contribution in [0.2, 0.25) is 0 Å². The van der Waals surface area contributed by atoms with E-state index in [4.69, 9.17) is 5.11 Å². The number of carbonyl (C=O) groups excluding carboxylic acids is 1. The quantitative estimate of drug-likeness (QED) is 0.759. The average Bonchev–Trinajstić information content (AvgIpc) is 2.44. The van der Waals surface area contributed by atoms with Crippen molar-refractivity contribution in [3.05, 3.63) is 28.8 Å². The zero-order valence-corrected chi connectivity index (χ0v) is 16.3. The first-order chi connectivity index (χ1) is 11.3. The normalized spacial score (nSPS) is 12.1. The van der Waals surface area contributed by atoms with Crippen LogP contribution in [0.4, 0.5) is 0 Å². The molecule has 0 aliphatic heterocycles. The van der Waals surface area contributed by atoms with Crippen molar-refractivity contribution in [3.63, 3.8) is 0 Å². The van der Waals surface area contributed by atoms with Crippen molar-refractivity contribution >= 4 is 21.9 Å². The maximum atomic E-state index is 12.5. The molecule has 0 saturated heterocycles. The average molecular weight is 370 g/mol. The fourth-order valence-corrected chi connectivity index (χ4v) is 4.06. The predicted molar refractivity (Wildman–Crippen MR) is 94.9 cm³/mol. The molecule has 0 saturated carbocycles. The standard InChI is InChI=1S/C17H26N2O5S/c1-11-9-12(2)15(13(3)10-11)25(23,24)18-8-7-14(20)19(6)17(4,5)16(21)22/h9-10,18H,7-8H2,1-6H3,(H,21,22). The van der Waals surface area contributed by atoms with Crippen LogP contribution in [0.3, 0.4) is 0 Å². The molecule has 1 rings (SSSR count). The predicted octanol–water partition coefficient (Wildman–Crippen LogP) is 1.60. The number of hydrogen-bond donors (Lipinski definition) is 2. The molecule has 0 aliphatic carbocycles. The summed E-state index contributed by atoms with van der Waals surface area (Å²) < 4.78 is 27.4. The first kappa shape index (κ1) is 21.1. The number of aliphatic carboxylic acids is 1. The van der Waals surface area contributed by atoms with Gasteiger partial charge in [0.2, 0.25) is 15.9 Å². The van der Waals surface area contributed by atoms with Crippen LogP contribution in [0.1, 0.15) is 37.0 Å². The van der Waals surface area contributed by atoms with Gasteiger partial charge in [-0.1, -0.05) is 17.7 Å². The van der Waals surface area contributed by atoms with Crippen LogP contribution in [-0.2, 0) is 19.6 Å². The molecular formula is C17H26N2O5S. The van der Waals surface area contributed by atoms with Crippen molar-refractivity contribution in [3.8, 4) is 0 Å². The fraction of sp³-hybridized carbons (Fsp3) is 0.529. The Kier molecular flexibility index (Phi) is 6.36. The summed E-state index contributed by atoms with van der Waals surface area (Å²) in [5.41, 5.74) is 0.891. The van der Waals surface area contributed by atoms with Crippen LogP contribution in [0.5, 0.6) is 0 Å². The number of aryl methyl sites for hydroxylation is 3. The van der Waals surface area contributed by atoms with Gasteiger partial charge in [-0.15, -0.1) is 0 Å². The molecule has 1 aromatic rings. The smallest absolute Gasteiger partial charge is 0.329 e. The number of rotatable bonds is 7. The van der Waals surface area contributed by atoms with Crippen LogP contribution < -0.4 is 4.72 Å². The van der Waals surface area contributed by atoms with E-state index in [1.807, 2.05) is 6.92 Å². The van der Waals surface area contributed by atoms with Gasteiger partial charge in [-0.05, 0) is 45.7 Å². The van der Waals surface area contributed by atoms with Gasteiger partial charge < -0.3 is 10.0 Å². The second-order valence-corrected chi connectivity index (χ2v) is 8.40. The van der Waals surface area contributed by atoms with Gasteiger partial charge in [0, 0.05) is 20.0 Å². The highest BCUT2D eigenvalue weighted by Crippen LogP contribution is 2.21. The summed E-state index contributed by atoms with van der Waals surface area (Å²) >= 11 is 0. The third-order valence-corrected chi connectivity index (χ3v) is 6.01. The summed E-state index contributed by atoms with van der Waals surface area (Å²) in [6.07, 6.45) is -0.129. The largest absolute Gasteiger partial charge is 0.480 e. The molecule has 0 heterocycles. The molecule has 1 aromatic carbocycles. The number of carbonyl (C=O) groups is 2. The van der Waals surface area contributed by atoms with E-state index in [-0.39, 0.29) is 17.9 Å².